The minimum Gasteiger partial charge on any atom is -0.374 e. The van der Waals surface area contributed by atoms with Crippen molar-refractivity contribution in [3.8, 4) is 18.2 Å². The number of nitrogens with zero attached hydrogens (tertiary/aromatic N) is 3. The Labute approximate surface area is 212 Å². The van der Waals surface area contributed by atoms with Crippen molar-refractivity contribution in [3.05, 3.63) is 81.7 Å². The molecule has 0 bridgehead atoms. The first-order chi connectivity index (χ1) is 17.1. The number of carbonyl (C=O) groups is 1. The molecule has 1 amide bonds. The van der Waals surface area contributed by atoms with Gasteiger partial charge in [0.15, 0.2) is 11.5 Å². The molecule has 2 aromatic heterocycles. The van der Waals surface area contributed by atoms with Crippen LogP contribution in [0.4, 0.5) is 18.9 Å². The topological polar surface area (TPSA) is 92.1 Å². The highest BCUT2D eigenvalue weighted by Crippen LogP contribution is 2.38. The van der Waals surface area contributed by atoms with Crippen LogP contribution in [0, 0.1) is 12.3 Å². The molecular formula is C24H16Cl2F3N5O2. The molecule has 0 saturated carbocycles. The molecule has 2 heterocycles. The zero-order chi connectivity index (χ0) is 26.0. The van der Waals surface area contributed by atoms with E-state index in [1.165, 1.54) is 18.3 Å². The summed E-state index contributed by atoms with van der Waals surface area (Å²) in [6.45, 7) is -0.00110. The number of aromatic nitrogens is 3. The van der Waals surface area contributed by atoms with Crippen molar-refractivity contribution in [2.24, 2.45) is 0 Å². The predicted molar refractivity (Wildman–Crippen MR) is 130 cm³/mol. The van der Waals surface area contributed by atoms with E-state index in [0.29, 0.717) is 21.5 Å². The number of nitrogens with one attached hydrogen (secondary N) is 2. The highest BCUT2D eigenvalue weighted by Gasteiger charge is 2.37. The third-order valence-electron chi connectivity index (χ3n) is 5.12. The monoisotopic (exact) mass is 533 g/mol. The number of aliphatic hydroxyl groups is 1. The first-order valence-electron chi connectivity index (χ1n) is 10.3. The molecule has 0 aliphatic carbocycles. The SMILES string of the molecule is C#CCNC(O)c1cc2ccccc2c(Cl)c1NC(=O)c1cc(C(F)(F)F)nn1-c1ncccc1Cl. The Kier molecular flexibility index (Phi) is 7.19. The van der Waals surface area contributed by atoms with Crippen LogP contribution in [-0.2, 0) is 6.18 Å². The maximum absolute atomic E-state index is 13.5. The van der Waals surface area contributed by atoms with Crippen molar-refractivity contribution in [2.45, 2.75) is 12.4 Å². The Morgan fingerprint density at radius 3 is 2.64 bits per heavy atom. The zero-order valence-corrected chi connectivity index (χ0v) is 19.7. The smallest absolute Gasteiger partial charge is 0.374 e. The average Bonchev–Trinajstić information content (AvgIpc) is 3.30. The van der Waals surface area contributed by atoms with Gasteiger partial charge in [-0.2, -0.15) is 18.3 Å². The minimum absolute atomic E-state index is 0.00110. The van der Waals surface area contributed by atoms with Gasteiger partial charge in [0.25, 0.3) is 5.91 Å². The summed E-state index contributed by atoms with van der Waals surface area (Å²) in [6, 6.07) is 11.9. The summed E-state index contributed by atoms with van der Waals surface area (Å²) in [5.41, 5.74) is -1.70. The number of hydrogen-bond donors (Lipinski definition) is 3. The molecule has 12 heteroatoms. The van der Waals surface area contributed by atoms with Gasteiger partial charge in [-0.3, -0.25) is 10.1 Å². The van der Waals surface area contributed by atoms with Crippen LogP contribution in [-0.4, -0.2) is 32.3 Å². The molecule has 7 nitrogen and oxygen atoms in total. The van der Waals surface area contributed by atoms with Crippen molar-refractivity contribution in [2.75, 3.05) is 11.9 Å². The summed E-state index contributed by atoms with van der Waals surface area (Å²) in [4.78, 5) is 17.3. The molecule has 0 aliphatic heterocycles. The Hall–Kier alpha value is -3.62. The zero-order valence-electron chi connectivity index (χ0n) is 18.1. The molecule has 0 fully saturated rings. The van der Waals surface area contributed by atoms with Crippen molar-refractivity contribution in [1.29, 1.82) is 0 Å². The standard InChI is InChI=1S/C24H16Cl2F3N5O2/c1-2-9-31-22(35)15-11-13-6-3-4-7-14(13)19(26)20(15)32-23(36)17-12-18(24(27,28)29)33-34(17)21-16(25)8-5-10-30-21/h1,3-8,10-12,22,31,35H,9H2,(H,32,36). The molecule has 0 saturated heterocycles. The predicted octanol–water partition coefficient (Wildman–Crippen LogP) is 5.21. The number of halogens is 5. The van der Waals surface area contributed by atoms with E-state index in [2.05, 4.69) is 26.6 Å². The van der Waals surface area contributed by atoms with Gasteiger partial charge in [-0.1, -0.05) is 53.4 Å². The maximum atomic E-state index is 13.5. The van der Waals surface area contributed by atoms with E-state index in [4.69, 9.17) is 29.6 Å². The summed E-state index contributed by atoms with van der Waals surface area (Å²) in [5.74, 6) is 1.15. The average molecular weight is 534 g/mol. The fraction of sp³-hybridized carbons (Fsp3) is 0.125. The fourth-order valence-corrected chi connectivity index (χ4v) is 4.02. The molecule has 0 radical (unpaired) electrons. The molecule has 0 spiro atoms. The van der Waals surface area contributed by atoms with Gasteiger partial charge in [-0.05, 0) is 23.6 Å². The van der Waals surface area contributed by atoms with Gasteiger partial charge in [0.05, 0.1) is 22.3 Å². The van der Waals surface area contributed by atoms with Crippen LogP contribution in [0.5, 0.6) is 0 Å². The normalized spacial score (nSPS) is 12.4. The molecule has 2 aromatic carbocycles. The van der Waals surface area contributed by atoms with E-state index >= 15 is 0 Å². The Morgan fingerprint density at radius 1 is 1.19 bits per heavy atom. The van der Waals surface area contributed by atoms with E-state index < -0.39 is 29.7 Å². The Bertz CT molecular complexity index is 1500. The molecule has 3 N–H and O–H groups in total. The summed E-state index contributed by atoms with van der Waals surface area (Å²) in [7, 11) is 0. The Morgan fingerprint density at radius 2 is 1.94 bits per heavy atom. The second-order valence-electron chi connectivity index (χ2n) is 7.45. The highest BCUT2D eigenvalue weighted by atomic mass is 35.5. The van der Waals surface area contributed by atoms with Crippen LogP contribution in [0.15, 0.2) is 54.7 Å². The second kappa shape index (κ2) is 10.2. The van der Waals surface area contributed by atoms with Crippen molar-refractivity contribution in [3.63, 3.8) is 0 Å². The number of pyridine rings is 1. The molecule has 36 heavy (non-hydrogen) atoms. The molecule has 184 valence electrons. The van der Waals surface area contributed by atoms with Crippen molar-refractivity contribution >= 4 is 45.6 Å². The van der Waals surface area contributed by atoms with Crippen LogP contribution in [0.3, 0.4) is 0 Å². The number of amides is 1. The van der Waals surface area contributed by atoms with E-state index in [1.807, 2.05) is 0 Å². The van der Waals surface area contributed by atoms with Gasteiger partial charge in [-0.25, -0.2) is 9.67 Å². The lowest BCUT2D eigenvalue weighted by Gasteiger charge is -2.20. The highest BCUT2D eigenvalue weighted by molar-refractivity contribution is 6.39. The van der Waals surface area contributed by atoms with Gasteiger partial charge in [-0.15, -0.1) is 6.42 Å². The quantitative estimate of drug-likeness (QED) is 0.233. The maximum Gasteiger partial charge on any atom is 0.435 e. The van der Waals surface area contributed by atoms with Crippen molar-refractivity contribution in [1.82, 2.24) is 20.1 Å². The van der Waals surface area contributed by atoms with Crippen LogP contribution in [0.2, 0.25) is 10.0 Å². The molecule has 0 aliphatic rings. The Balaban J connectivity index is 1.84. The first-order valence-corrected chi connectivity index (χ1v) is 11.0. The number of carbonyl (C=O) groups excluding carboxylic acids is 1. The van der Waals surface area contributed by atoms with E-state index in [-0.39, 0.29) is 33.7 Å². The summed E-state index contributed by atoms with van der Waals surface area (Å²) >= 11 is 12.7. The number of rotatable bonds is 6. The number of anilines is 1. The third-order valence-corrected chi connectivity index (χ3v) is 5.81. The van der Waals surface area contributed by atoms with Crippen LogP contribution in [0.1, 0.15) is 28.0 Å². The number of alkyl halides is 3. The van der Waals surface area contributed by atoms with E-state index in [0.717, 1.165) is 0 Å². The van der Waals surface area contributed by atoms with Crippen molar-refractivity contribution < 1.29 is 23.1 Å². The molecule has 1 unspecified atom stereocenters. The van der Waals surface area contributed by atoms with Gasteiger partial charge < -0.3 is 10.4 Å². The molecule has 1 atom stereocenters. The summed E-state index contributed by atoms with van der Waals surface area (Å²) in [5, 5.41) is 20.6. The number of aliphatic hydroxyl groups excluding tert-OH is 1. The summed E-state index contributed by atoms with van der Waals surface area (Å²) in [6.07, 6.45) is 0.357. The number of fused-ring (bicyclic) bond motifs is 1. The summed E-state index contributed by atoms with van der Waals surface area (Å²) < 4.78 is 41.1. The number of hydrogen-bond acceptors (Lipinski definition) is 5. The number of terminal acetylenes is 1. The largest absolute Gasteiger partial charge is 0.435 e. The van der Waals surface area contributed by atoms with Gasteiger partial charge in [0, 0.05) is 23.2 Å². The second-order valence-corrected chi connectivity index (χ2v) is 8.24. The fourth-order valence-electron chi connectivity index (χ4n) is 3.49. The van der Waals surface area contributed by atoms with Crippen LogP contribution in [0.25, 0.3) is 16.6 Å². The van der Waals surface area contributed by atoms with Gasteiger partial charge >= 0.3 is 6.18 Å². The molecular weight excluding hydrogens is 518 g/mol. The van der Waals surface area contributed by atoms with Crippen LogP contribution < -0.4 is 10.6 Å². The number of benzene rings is 2. The van der Waals surface area contributed by atoms with Crippen LogP contribution >= 0.6 is 23.2 Å². The van der Waals surface area contributed by atoms with Gasteiger partial charge in [0.2, 0.25) is 0 Å². The van der Waals surface area contributed by atoms with Gasteiger partial charge in [0.1, 0.15) is 11.9 Å². The van der Waals surface area contributed by atoms with E-state index in [1.54, 1.807) is 30.3 Å². The lowest BCUT2D eigenvalue weighted by molar-refractivity contribution is -0.141. The first kappa shape index (κ1) is 25.5. The lowest BCUT2D eigenvalue weighted by Crippen LogP contribution is -2.24. The minimum atomic E-state index is -4.84. The molecule has 4 rings (SSSR count). The van der Waals surface area contributed by atoms with E-state index in [9.17, 15) is 23.1 Å². The molecule has 4 aromatic rings. The third kappa shape index (κ3) is 5.01. The lowest BCUT2D eigenvalue weighted by atomic mass is 10.0.